The first-order valence-electron chi connectivity index (χ1n) is 6.24. The molecule has 3 N–H and O–H groups in total. The molecule has 0 unspecified atom stereocenters. The molecule has 0 bridgehead atoms. The van der Waals surface area contributed by atoms with Gasteiger partial charge in [-0.2, -0.15) is 0 Å². The Balaban J connectivity index is 2.21. The molecule has 0 spiro atoms. The summed E-state index contributed by atoms with van der Waals surface area (Å²) in [5.41, 5.74) is 6.40. The highest BCUT2D eigenvalue weighted by Crippen LogP contribution is 2.27. The van der Waals surface area contributed by atoms with Crippen LogP contribution < -0.4 is 10.5 Å². The monoisotopic (exact) mass is 331 g/mol. The average Bonchev–Trinajstić information content (AvgIpc) is 2.96. The van der Waals surface area contributed by atoms with Gasteiger partial charge in [-0.25, -0.2) is 13.4 Å². The van der Waals surface area contributed by atoms with E-state index in [9.17, 15) is 8.42 Å². The normalized spacial score (nSPS) is 11.8. The third-order valence-corrected chi connectivity index (χ3v) is 6.78. The van der Waals surface area contributed by atoms with Crippen molar-refractivity contribution in [3.05, 3.63) is 27.6 Å². The zero-order chi connectivity index (χ0) is 14.8. The lowest BCUT2D eigenvalue weighted by Gasteiger charge is -2.01. The predicted octanol–water partition coefficient (Wildman–Crippen LogP) is 2.38. The predicted molar refractivity (Wildman–Crippen MR) is 84.1 cm³/mol. The summed E-state index contributed by atoms with van der Waals surface area (Å²) in [4.78, 5) is 6.31. The van der Waals surface area contributed by atoms with E-state index in [0.717, 1.165) is 21.9 Å². The Morgan fingerprint density at radius 1 is 1.35 bits per heavy atom. The van der Waals surface area contributed by atoms with Gasteiger partial charge in [0.05, 0.1) is 5.69 Å². The lowest BCUT2D eigenvalue weighted by Crippen LogP contribution is -2.11. The Morgan fingerprint density at radius 2 is 2.10 bits per heavy atom. The highest BCUT2D eigenvalue weighted by molar-refractivity contribution is 7.94. The molecule has 2 heterocycles. The number of nitrogens with one attached hydrogen (secondary N) is 1. The second-order valence-electron chi connectivity index (χ2n) is 4.24. The average molecular weight is 331 g/mol. The van der Waals surface area contributed by atoms with E-state index in [1.165, 1.54) is 22.7 Å². The maximum absolute atomic E-state index is 12.3. The fraction of sp³-hybridized carbons (Fsp3) is 0.417. The van der Waals surface area contributed by atoms with Crippen molar-refractivity contribution in [1.29, 1.82) is 0 Å². The SMILES string of the molecule is CCc1nc(NS(=O)(=O)c2ccc(CCN)s2)sc1C. The minimum atomic E-state index is -3.55. The first kappa shape index (κ1) is 15.4. The Bertz CT molecular complexity index is 689. The molecule has 20 heavy (non-hydrogen) atoms. The lowest BCUT2D eigenvalue weighted by atomic mass is 10.3. The third-order valence-electron chi connectivity index (χ3n) is 2.74. The number of thiazole rings is 1. The quantitative estimate of drug-likeness (QED) is 0.851. The summed E-state index contributed by atoms with van der Waals surface area (Å²) in [5, 5.41) is 0.424. The molecular formula is C12H17N3O2S3. The second kappa shape index (κ2) is 6.21. The molecule has 0 amide bonds. The summed E-state index contributed by atoms with van der Waals surface area (Å²) in [6.07, 6.45) is 1.49. The highest BCUT2D eigenvalue weighted by Gasteiger charge is 2.19. The van der Waals surface area contributed by atoms with Crippen LogP contribution in [0.15, 0.2) is 16.3 Å². The van der Waals surface area contributed by atoms with Crippen LogP contribution in [-0.2, 0) is 22.9 Å². The van der Waals surface area contributed by atoms with Crippen LogP contribution in [0.4, 0.5) is 5.13 Å². The summed E-state index contributed by atoms with van der Waals surface area (Å²) in [7, 11) is -3.55. The van der Waals surface area contributed by atoms with Gasteiger partial charge in [-0.15, -0.1) is 22.7 Å². The number of nitrogens with zero attached hydrogens (tertiary/aromatic N) is 1. The first-order valence-corrected chi connectivity index (χ1v) is 9.35. The number of sulfonamides is 1. The molecule has 2 aromatic heterocycles. The van der Waals surface area contributed by atoms with Crippen LogP contribution in [0.25, 0.3) is 0 Å². The molecule has 2 rings (SSSR count). The Labute approximate surface area is 126 Å². The minimum Gasteiger partial charge on any atom is -0.330 e. The van der Waals surface area contributed by atoms with E-state index in [0.29, 0.717) is 22.3 Å². The Kier molecular flexibility index (Phi) is 4.79. The Hall–Kier alpha value is -0.960. The van der Waals surface area contributed by atoms with Gasteiger partial charge in [-0.1, -0.05) is 6.92 Å². The fourth-order valence-corrected chi connectivity index (χ4v) is 5.25. The summed E-state index contributed by atoms with van der Waals surface area (Å²) in [6, 6.07) is 3.41. The van der Waals surface area contributed by atoms with E-state index in [1.807, 2.05) is 13.8 Å². The molecule has 110 valence electrons. The molecule has 0 radical (unpaired) electrons. The number of hydrogen-bond donors (Lipinski definition) is 2. The number of anilines is 1. The highest BCUT2D eigenvalue weighted by atomic mass is 32.2. The van der Waals surface area contributed by atoms with Gasteiger partial charge in [0, 0.05) is 9.75 Å². The summed E-state index contributed by atoms with van der Waals surface area (Å²) in [6.45, 7) is 4.45. The van der Waals surface area contributed by atoms with Crippen molar-refractivity contribution in [2.75, 3.05) is 11.3 Å². The smallest absolute Gasteiger partial charge is 0.273 e. The van der Waals surface area contributed by atoms with Crippen LogP contribution in [0.2, 0.25) is 0 Å². The molecule has 0 atom stereocenters. The number of nitrogens with two attached hydrogens (primary N) is 1. The number of rotatable bonds is 6. The largest absolute Gasteiger partial charge is 0.330 e. The molecule has 0 aliphatic heterocycles. The van der Waals surface area contributed by atoms with Gasteiger partial charge < -0.3 is 5.73 Å². The molecule has 0 aliphatic carbocycles. The molecule has 0 fully saturated rings. The topological polar surface area (TPSA) is 85.1 Å². The molecule has 8 heteroatoms. The van der Waals surface area contributed by atoms with E-state index in [4.69, 9.17) is 5.73 Å². The Morgan fingerprint density at radius 3 is 2.70 bits per heavy atom. The van der Waals surface area contributed by atoms with Crippen LogP contribution >= 0.6 is 22.7 Å². The van der Waals surface area contributed by atoms with Crippen molar-refractivity contribution < 1.29 is 8.42 Å². The van der Waals surface area contributed by atoms with Gasteiger partial charge in [0.1, 0.15) is 4.21 Å². The lowest BCUT2D eigenvalue weighted by molar-refractivity contribution is 0.603. The van der Waals surface area contributed by atoms with E-state index >= 15 is 0 Å². The number of aromatic nitrogens is 1. The maximum Gasteiger partial charge on any atom is 0.273 e. The minimum absolute atomic E-state index is 0.298. The number of hydrogen-bond acceptors (Lipinski definition) is 6. The molecular weight excluding hydrogens is 314 g/mol. The second-order valence-corrected chi connectivity index (χ2v) is 8.52. The molecule has 0 aliphatic rings. The van der Waals surface area contributed by atoms with Crippen molar-refractivity contribution in [3.8, 4) is 0 Å². The first-order chi connectivity index (χ1) is 9.46. The van der Waals surface area contributed by atoms with Gasteiger partial charge in [0.15, 0.2) is 5.13 Å². The van der Waals surface area contributed by atoms with Gasteiger partial charge in [0.2, 0.25) is 0 Å². The van der Waals surface area contributed by atoms with Gasteiger partial charge in [-0.3, -0.25) is 4.72 Å². The fourth-order valence-electron chi connectivity index (χ4n) is 1.74. The van der Waals surface area contributed by atoms with Crippen LogP contribution in [0.1, 0.15) is 22.4 Å². The standard InChI is InChI=1S/C12H17N3O2S3/c1-3-10-8(2)18-12(14-10)15-20(16,17)11-5-4-9(19-11)6-7-13/h4-5H,3,6-7,13H2,1-2H3,(H,14,15). The molecule has 0 aromatic carbocycles. The van der Waals surface area contributed by atoms with Crippen molar-refractivity contribution in [2.45, 2.75) is 30.9 Å². The van der Waals surface area contributed by atoms with E-state index in [1.54, 1.807) is 12.1 Å². The molecule has 0 saturated carbocycles. The third kappa shape index (κ3) is 3.38. The van der Waals surface area contributed by atoms with Crippen molar-refractivity contribution in [1.82, 2.24) is 4.98 Å². The van der Waals surface area contributed by atoms with E-state index in [2.05, 4.69) is 9.71 Å². The summed E-state index contributed by atoms with van der Waals surface area (Å²) >= 11 is 2.61. The van der Waals surface area contributed by atoms with E-state index in [-0.39, 0.29) is 0 Å². The van der Waals surface area contributed by atoms with Gasteiger partial charge >= 0.3 is 0 Å². The van der Waals surface area contributed by atoms with Crippen molar-refractivity contribution in [2.24, 2.45) is 5.73 Å². The maximum atomic E-state index is 12.3. The zero-order valence-corrected chi connectivity index (χ0v) is 13.8. The van der Waals surface area contributed by atoms with Crippen molar-refractivity contribution in [3.63, 3.8) is 0 Å². The molecule has 5 nitrogen and oxygen atoms in total. The van der Waals surface area contributed by atoms with E-state index < -0.39 is 10.0 Å². The van der Waals surface area contributed by atoms with Crippen molar-refractivity contribution >= 4 is 37.8 Å². The summed E-state index contributed by atoms with van der Waals surface area (Å²) in [5.74, 6) is 0. The van der Waals surface area contributed by atoms with Gasteiger partial charge in [0.25, 0.3) is 10.0 Å². The zero-order valence-electron chi connectivity index (χ0n) is 11.3. The van der Waals surface area contributed by atoms with Crippen LogP contribution in [0.5, 0.6) is 0 Å². The number of aryl methyl sites for hydroxylation is 2. The van der Waals surface area contributed by atoms with Crippen LogP contribution in [-0.4, -0.2) is 19.9 Å². The molecule has 2 aromatic rings. The summed E-state index contributed by atoms with van der Waals surface area (Å²) < 4.78 is 27.4. The van der Waals surface area contributed by atoms with Gasteiger partial charge in [-0.05, 0) is 38.4 Å². The van der Waals surface area contributed by atoms with Crippen LogP contribution in [0, 0.1) is 6.92 Å². The number of thiophene rings is 1. The molecule has 0 saturated heterocycles. The van der Waals surface area contributed by atoms with Crippen LogP contribution in [0.3, 0.4) is 0 Å².